The molecule has 0 N–H and O–H groups in total. The highest BCUT2D eigenvalue weighted by atomic mass is 15.1. The van der Waals surface area contributed by atoms with Gasteiger partial charge in [0.2, 0.25) is 0 Å². The molecule has 4 heterocycles. The molecule has 0 saturated carbocycles. The first kappa shape index (κ1) is 26.5. The van der Waals surface area contributed by atoms with Crippen LogP contribution in [0.1, 0.15) is 52.7 Å². The van der Waals surface area contributed by atoms with E-state index in [1.807, 2.05) is 0 Å². The number of hydrogen-bond acceptors (Lipinski definition) is 2. The molecule has 0 aliphatic rings. The summed E-state index contributed by atoms with van der Waals surface area (Å²) in [5.74, 6) is 0. The second-order valence-corrected chi connectivity index (χ2v) is 14.1. The largest absolute Gasteiger partial charge is 0.294 e. The lowest BCUT2D eigenvalue weighted by molar-refractivity contribution is 0.410. The highest BCUT2D eigenvalue weighted by Gasteiger charge is 2.19. The van der Waals surface area contributed by atoms with Crippen LogP contribution in [-0.2, 0) is 12.8 Å². The molecule has 0 bridgehead atoms. The van der Waals surface area contributed by atoms with Crippen LogP contribution in [0.25, 0.3) is 55.2 Å². The summed E-state index contributed by atoms with van der Waals surface area (Å²) in [6.07, 6.45) is 6.09. The van der Waals surface area contributed by atoms with Gasteiger partial charge in [-0.3, -0.25) is 9.13 Å². The van der Waals surface area contributed by atoms with Crippen LogP contribution in [0.15, 0.2) is 97.3 Å². The molecule has 0 amide bonds. The third kappa shape index (κ3) is 4.65. The van der Waals surface area contributed by atoms with Crippen molar-refractivity contribution < 1.29 is 0 Å². The molecule has 3 aromatic carbocycles. The Morgan fingerprint density at radius 2 is 0.929 bits per heavy atom. The molecule has 210 valence electrons. The van der Waals surface area contributed by atoms with E-state index < -0.39 is 0 Å². The Bertz CT molecular complexity index is 1960. The second-order valence-electron chi connectivity index (χ2n) is 14.1. The standard InChI is InChI=1S/C38H38N4/c1-37(2,3)21-25-18-31-29-14-7-9-16-33(29)41(35(31)39-23-25)27-12-11-13-28(20-27)42-34-17-10-8-15-30(34)32-19-26(22-38(4,5)6)24-40-36(32)42/h7-20,23-24H,21-22H2,1-6H3. The van der Waals surface area contributed by atoms with Gasteiger partial charge in [0.1, 0.15) is 11.3 Å². The van der Waals surface area contributed by atoms with Crippen LogP contribution in [0.3, 0.4) is 0 Å². The lowest BCUT2D eigenvalue weighted by Crippen LogP contribution is -2.09. The van der Waals surface area contributed by atoms with Crippen LogP contribution in [0.4, 0.5) is 0 Å². The van der Waals surface area contributed by atoms with E-state index in [-0.39, 0.29) is 10.8 Å². The molecule has 0 saturated heterocycles. The minimum atomic E-state index is 0.200. The summed E-state index contributed by atoms with van der Waals surface area (Å²) in [6.45, 7) is 13.7. The average molecular weight is 551 g/mol. The maximum atomic E-state index is 5.05. The van der Waals surface area contributed by atoms with Gasteiger partial charge in [0.05, 0.1) is 11.0 Å². The van der Waals surface area contributed by atoms with Crippen LogP contribution in [0, 0.1) is 10.8 Å². The highest BCUT2D eigenvalue weighted by molar-refractivity contribution is 6.09. The first-order valence-corrected chi connectivity index (χ1v) is 14.9. The first-order chi connectivity index (χ1) is 20.1. The molecule has 4 nitrogen and oxygen atoms in total. The zero-order chi connectivity index (χ0) is 29.2. The van der Waals surface area contributed by atoms with E-state index in [4.69, 9.17) is 9.97 Å². The summed E-state index contributed by atoms with van der Waals surface area (Å²) in [4.78, 5) is 10.1. The lowest BCUT2D eigenvalue weighted by Gasteiger charge is -2.18. The maximum absolute atomic E-state index is 5.05. The van der Waals surface area contributed by atoms with Gasteiger partial charge in [0.25, 0.3) is 0 Å². The Hall–Kier alpha value is -4.44. The van der Waals surface area contributed by atoms with Crippen molar-refractivity contribution in [2.24, 2.45) is 10.8 Å². The fourth-order valence-electron chi connectivity index (χ4n) is 6.49. The number of pyridine rings is 2. The van der Waals surface area contributed by atoms with Crippen molar-refractivity contribution >= 4 is 43.9 Å². The van der Waals surface area contributed by atoms with Gasteiger partial charge in [-0.1, -0.05) is 84.0 Å². The van der Waals surface area contributed by atoms with E-state index in [0.29, 0.717) is 0 Å². The normalized spacial score (nSPS) is 12.7. The van der Waals surface area contributed by atoms with Crippen molar-refractivity contribution in [3.8, 4) is 11.4 Å². The summed E-state index contributed by atoms with van der Waals surface area (Å²) >= 11 is 0. The fourth-order valence-corrected chi connectivity index (χ4v) is 6.49. The van der Waals surface area contributed by atoms with Gasteiger partial charge in [-0.25, -0.2) is 9.97 Å². The number of hydrogen-bond donors (Lipinski definition) is 0. The number of rotatable bonds is 4. The van der Waals surface area contributed by atoms with E-state index in [1.54, 1.807) is 0 Å². The van der Waals surface area contributed by atoms with E-state index in [2.05, 4.69) is 148 Å². The van der Waals surface area contributed by atoms with Crippen molar-refractivity contribution in [2.45, 2.75) is 54.4 Å². The van der Waals surface area contributed by atoms with E-state index >= 15 is 0 Å². The van der Waals surface area contributed by atoms with Crippen molar-refractivity contribution in [1.29, 1.82) is 0 Å². The molecule has 7 aromatic rings. The maximum Gasteiger partial charge on any atom is 0.145 e. The van der Waals surface area contributed by atoms with Crippen LogP contribution in [0.5, 0.6) is 0 Å². The van der Waals surface area contributed by atoms with Crippen molar-refractivity contribution in [2.75, 3.05) is 0 Å². The van der Waals surface area contributed by atoms with Gasteiger partial charge < -0.3 is 0 Å². The summed E-state index contributed by atoms with van der Waals surface area (Å²) in [5, 5.41) is 4.85. The summed E-state index contributed by atoms with van der Waals surface area (Å²) in [7, 11) is 0. The monoisotopic (exact) mass is 550 g/mol. The smallest absolute Gasteiger partial charge is 0.145 e. The second kappa shape index (κ2) is 9.55. The molecule has 4 aromatic heterocycles. The van der Waals surface area contributed by atoms with Gasteiger partial charge in [-0.2, -0.15) is 0 Å². The van der Waals surface area contributed by atoms with Crippen molar-refractivity contribution in [3.05, 3.63) is 108 Å². The molecule has 4 heteroatoms. The number of para-hydroxylation sites is 2. The summed E-state index contributed by atoms with van der Waals surface area (Å²) in [5.41, 5.74) is 9.42. The van der Waals surface area contributed by atoms with Crippen LogP contribution in [0.2, 0.25) is 0 Å². The van der Waals surface area contributed by atoms with Crippen LogP contribution in [-0.4, -0.2) is 19.1 Å². The zero-order valence-electron chi connectivity index (χ0n) is 25.4. The molecule has 7 rings (SSSR count). The van der Waals surface area contributed by atoms with E-state index in [1.165, 1.54) is 32.7 Å². The van der Waals surface area contributed by atoms with Crippen molar-refractivity contribution in [3.63, 3.8) is 0 Å². The van der Waals surface area contributed by atoms with E-state index in [0.717, 1.165) is 46.5 Å². The molecular weight excluding hydrogens is 512 g/mol. The molecule has 0 radical (unpaired) electrons. The predicted octanol–water partition coefficient (Wildman–Crippen LogP) is 9.85. The minimum absolute atomic E-state index is 0.200. The van der Waals surface area contributed by atoms with Gasteiger partial charge in [-0.15, -0.1) is 0 Å². The number of fused-ring (bicyclic) bond motifs is 6. The molecule has 0 aliphatic heterocycles. The third-order valence-corrected chi connectivity index (χ3v) is 7.96. The molecule has 0 atom stereocenters. The Morgan fingerprint density at radius 1 is 0.500 bits per heavy atom. The van der Waals surface area contributed by atoms with Crippen molar-refractivity contribution in [1.82, 2.24) is 19.1 Å². The zero-order valence-corrected chi connectivity index (χ0v) is 25.4. The summed E-state index contributed by atoms with van der Waals surface area (Å²) < 4.78 is 4.61. The molecule has 0 unspecified atom stereocenters. The molecule has 0 fully saturated rings. The Balaban J connectivity index is 1.43. The number of aromatic nitrogens is 4. The SMILES string of the molecule is CC(C)(C)Cc1cnc2c(c1)c1ccccc1n2-c1cccc(-n2c3ccccc3c3cc(CC(C)(C)C)cnc32)c1. The Kier molecular flexibility index (Phi) is 6.02. The quantitative estimate of drug-likeness (QED) is 0.219. The predicted molar refractivity (Wildman–Crippen MR) is 177 cm³/mol. The molecular formula is C38H38N4. The number of nitrogens with zero attached hydrogens (tertiary/aromatic N) is 4. The van der Waals surface area contributed by atoms with Gasteiger partial charge in [-0.05, 0) is 77.3 Å². The van der Waals surface area contributed by atoms with E-state index in [9.17, 15) is 0 Å². The molecule has 0 spiro atoms. The van der Waals surface area contributed by atoms with Crippen LogP contribution < -0.4 is 0 Å². The van der Waals surface area contributed by atoms with Crippen LogP contribution >= 0.6 is 0 Å². The highest BCUT2D eigenvalue weighted by Crippen LogP contribution is 2.36. The summed E-state index contributed by atoms with van der Waals surface area (Å²) in [6, 6.07) is 30.8. The van der Waals surface area contributed by atoms with Gasteiger partial charge >= 0.3 is 0 Å². The fraction of sp³-hybridized carbons (Fsp3) is 0.263. The van der Waals surface area contributed by atoms with Gasteiger partial charge in [0.15, 0.2) is 0 Å². The molecule has 42 heavy (non-hydrogen) atoms. The topological polar surface area (TPSA) is 35.6 Å². The first-order valence-electron chi connectivity index (χ1n) is 14.9. The minimum Gasteiger partial charge on any atom is -0.294 e. The van der Waals surface area contributed by atoms with Gasteiger partial charge in [0, 0.05) is 45.3 Å². The molecule has 0 aliphatic carbocycles. The Labute approximate surface area is 247 Å². The third-order valence-electron chi connectivity index (χ3n) is 7.96. The Morgan fingerprint density at radius 3 is 1.36 bits per heavy atom. The lowest BCUT2D eigenvalue weighted by atomic mass is 9.88. The number of benzene rings is 3. The average Bonchev–Trinajstić information content (AvgIpc) is 3.44.